The lowest BCUT2D eigenvalue weighted by Gasteiger charge is -2.32. The lowest BCUT2D eigenvalue weighted by molar-refractivity contribution is -0.0101. The van der Waals surface area contributed by atoms with Gasteiger partial charge in [0.1, 0.15) is 0 Å². The van der Waals surface area contributed by atoms with Gasteiger partial charge in [0.2, 0.25) is 5.82 Å². The van der Waals surface area contributed by atoms with Gasteiger partial charge in [0.05, 0.1) is 12.7 Å². The Morgan fingerprint density at radius 1 is 1.00 bits per heavy atom. The smallest absolute Gasteiger partial charge is 0.200 e. The van der Waals surface area contributed by atoms with E-state index in [-0.39, 0.29) is 11.7 Å². The zero-order valence-electron chi connectivity index (χ0n) is 13.8. The first-order valence-electron chi connectivity index (χ1n) is 8.91. The van der Waals surface area contributed by atoms with E-state index in [4.69, 9.17) is 9.47 Å². The number of ether oxygens (including phenoxy) is 2. The highest BCUT2D eigenvalue weighted by Crippen LogP contribution is 2.38. The van der Waals surface area contributed by atoms with E-state index in [1.165, 1.54) is 19.3 Å². The van der Waals surface area contributed by atoms with E-state index in [1.807, 2.05) is 0 Å². The minimum Gasteiger partial charge on any atom is -0.491 e. The van der Waals surface area contributed by atoms with Crippen molar-refractivity contribution in [1.82, 2.24) is 0 Å². The largest absolute Gasteiger partial charge is 0.491 e. The molecule has 2 aliphatic carbocycles. The molecule has 2 aliphatic rings. The third kappa shape index (κ3) is 3.85. The summed E-state index contributed by atoms with van der Waals surface area (Å²) in [7, 11) is 0. The lowest BCUT2D eigenvalue weighted by Crippen LogP contribution is -2.26. The summed E-state index contributed by atoms with van der Waals surface area (Å²) >= 11 is 0. The monoisotopic (exact) mass is 324 g/mol. The van der Waals surface area contributed by atoms with E-state index < -0.39 is 11.6 Å². The van der Waals surface area contributed by atoms with E-state index in [9.17, 15) is 8.78 Å². The molecule has 0 radical (unpaired) electrons. The number of halogens is 2. The zero-order valence-corrected chi connectivity index (χ0v) is 13.8. The normalized spacial score (nSPS) is 25.2. The molecule has 0 spiro atoms. The average Bonchev–Trinajstić information content (AvgIpc) is 2.52. The molecule has 0 N–H and O–H groups in total. The van der Waals surface area contributed by atoms with E-state index in [0.717, 1.165) is 38.2 Å². The number of benzene rings is 1. The van der Waals surface area contributed by atoms with Gasteiger partial charge in [0.15, 0.2) is 11.6 Å². The number of hydrogen-bond acceptors (Lipinski definition) is 2. The second-order valence-corrected chi connectivity index (χ2v) is 6.82. The molecular weight excluding hydrogens is 298 g/mol. The van der Waals surface area contributed by atoms with Crippen molar-refractivity contribution in [3.63, 3.8) is 0 Å². The van der Waals surface area contributed by atoms with Crippen molar-refractivity contribution in [3.8, 4) is 5.75 Å². The lowest BCUT2D eigenvalue weighted by atomic mass is 9.82. The summed E-state index contributed by atoms with van der Waals surface area (Å²) in [6.45, 7) is 2.97. The first kappa shape index (κ1) is 16.7. The molecule has 0 unspecified atom stereocenters. The van der Waals surface area contributed by atoms with Gasteiger partial charge in [0, 0.05) is 6.61 Å². The van der Waals surface area contributed by atoms with E-state index in [1.54, 1.807) is 19.1 Å². The van der Waals surface area contributed by atoms with Gasteiger partial charge in [-0.2, -0.15) is 4.39 Å². The summed E-state index contributed by atoms with van der Waals surface area (Å²) in [6.07, 6.45) is 7.82. The predicted octanol–water partition coefficient (Wildman–Crippen LogP) is 5.21. The van der Waals surface area contributed by atoms with Gasteiger partial charge < -0.3 is 9.47 Å². The standard InChI is InChI=1S/C19H26F2O2/c1-2-22-17-11-10-16(18(20)19(17)21)14-6-8-15(9-7-14)23-12-13-4-3-5-13/h10-11,13-15H,2-9,12H2,1H3. The van der Waals surface area contributed by atoms with Crippen LogP contribution in [0, 0.1) is 17.6 Å². The van der Waals surface area contributed by atoms with Crippen LogP contribution in [0.15, 0.2) is 12.1 Å². The van der Waals surface area contributed by atoms with Crippen molar-refractivity contribution in [1.29, 1.82) is 0 Å². The second-order valence-electron chi connectivity index (χ2n) is 6.82. The second kappa shape index (κ2) is 7.61. The summed E-state index contributed by atoms with van der Waals surface area (Å²) in [5, 5.41) is 0. The third-order valence-corrected chi connectivity index (χ3v) is 5.28. The zero-order chi connectivity index (χ0) is 16.2. The van der Waals surface area contributed by atoms with E-state index in [0.29, 0.717) is 18.3 Å². The van der Waals surface area contributed by atoms with Crippen LogP contribution in [0.5, 0.6) is 5.75 Å². The summed E-state index contributed by atoms with van der Waals surface area (Å²) in [6, 6.07) is 3.24. The Morgan fingerprint density at radius 3 is 2.35 bits per heavy atom. The third-order valence-electron chi connectivity index (χ3n) is 5.28. The highest BCUT2D eigenvalue weighted by atomic mass is 19.2. The van der Waals surface area contributed by atoms with E-state index in [2.05, 4.69) is 0 Å². The molecule has 2 saturated carbocycles. The van der Waals surface area contributed by atoms with Crippen LogP contribution in [-0.4, -0.2) is 19.3 Å². The summed E-state index contributed by atoms with van der Waals surface area (Å²) < 4.78 is 39.4. The molecule has 0 aliphatic heterocycles. The molecule has 1 aromatic carbocycles. The molecule has 1 aromatic rings. The van der Waals surface area contributed by atoms with Crippen LogP contribution in [0.25, 0.3) is 0 Å². The summed E-state index contributed by atoms with van der Waals surface area (Å²) in [4.78, 5) is 0. The van der Waals surface area contributed by atoms with Crippen molar-refractivity contribution in [3.05, 3.63) is 29.3 Å². The van der Waals surface area contributed by atoms with Crippen LogP contribution in [0.4, 0.5) is 8.78 Å². The fourth-order valence-electron chi connectivity index (χ4n) is 3.60. The molecule has 0 atom stereocenters. The van der Waals surface area contributed by atoms with Crippen molar-refractivity contribution in [2.75, 3.05) is 13.2 Å². The Hall–Kier alpha value is -1.16. The fourth-order valence-corrected chi connectivity index (χ4v) is 3.60. The fraction of sp³-hybridized carbons (Fsp3) is 0.684. The molecule has 0 saturated heterocycles. The Kier molecular flexibility index (Phi) is 5.52. The minimum absolute atomic E-state index is 0.00580. The SMILES string of the molecule is CCOc1ccc(C2CCC(OCC3CCC3)CC2)c(F)c1F. The molecular formula is C19H26F2O2. The molecule has 4 heteroatoms. The molecule has 0 amide bonds. The highest BCUT2D eigenvalue weighted by Gasteiger charge is 2.28. The van der Waals surface area contributed by atoms with Gasteiger partial charge in [-0.25, -0.2) is 4.39 Å². The van der Waals surface area contributed by atoms with Gasteiger partial charge in [-0.3, -0.25) is 0 Å². The van der Waals surface area contributed by atoms with Crippen LogP contribution in [-0.2, 0) is 4.74 Å². The molecule has 3 rings (SSSR count). The van der Waals surface area contributed by atoms with Gasteiger partial charge >= 0.3 is 0 Å². The Balaban J connectivity index is 1.55. The maximum atomic E-state index is 14.3. The molecule has 0 aromatic heterocycles. The van der Waals surface area contributed by atoms with Gasteiger partial charge in [-0.15, -0.1) is 0 Å². The molecule has 0 heterocycles. The van der Waals surface area contributed by atoms with Crippen LogP contribution in [0.1, 0.15) is 63.4 Å². The number of rotatable bonds is 6. The average molecular weight is 324 g/mol. The van der Waals surface area contributed by atoms with Crippen LogP contribution >= 0.6 is 0 Å². The van der Waals surface area contributed by atoms with Crippen molar-refractivity contribution < 1.29 is 18.3 Å². The maximum Gasteiger partial charge on any atom is 0.200 e. The van der Waals surface area contributed by atoms with Crippen molar-refractivity contribution in [2.45, 2.75) is 63.9 Å². The molecule has 2 fully saturated rings. The van der Waals surface area contributed by atoms with Crippen molar-refractivity contribution in [2.24, 2.45) is 5.92 Å². The van der Waals surface area contributed by atoms with Gasteiger partial charge in [-0.1, -0.05) is 12.5 Å². The highest BCUT2D eigenvalue weighted by molar-refractivity contribution is 5.33. The van der Waals surface area contributed by atoms with Crippen LogP contribution in [0.2, 0.25) is 0 Å². The Labute approximate surface area is 137 Å². The first-order chi connectivity index (χ1) is 11.2. The van der Waals surface area contributed by atoms with Crippen LogP contribution < -0.4 is 4.74 Å². The number of hydrogen-bond donors (Lipinski definition) is 0. The van der Waals surface area contributed by atoms with Gasteiger partial charge in [-0.05, 0) is 68.9 Å². The van der Waals surface area contributed by atoms with Crippen LogP contribution in [0.3, 0.4) is 0 Å². The topological polar surface area (TPSA) is 18.5 Å². The summed E-state index contributed by atoms with van der Waals surface area (Å²) in [5.41, 5.74) is 0.489. The molecule has 2 nitrogen and oxygen atoms in total. The minimum atomic E-state index is -0.854. The predicted molar refractivity (Wildman–Crippen MR) is 85.8 cm³/mol. The Bertz CT molecular complexity index is 520. The molecule has 0 bridgehead atoms. The molecule has 23 heavy (non-hydrogen) atoms. The molecule has 128 valence electrons. The van der Waals surface area contributed by atoms with Crippen molar-refractivity contribution >= 4 is 0 Å². The first-order valence-corrected chi connectivity index (χ1v) is 8.91. The van der Waals surface area contributed by atoms with E-state index >= 15 is 0 Å². The Morgan fingerprint density at radius 2 is 1.74 bits per heavy atom. The van der Waals surface area contributed by atoms with Gasteiger partial charge in [0.25, 0.3) is 0 Å². The maximum absolute atomic E-state index is 14.3. The quantitative estimate of drug-likeness (QED) is 0.715. The summed E-state index contributed by atoms with van der Waals surface area (Å²) in [5.74, 6) is -0.747.